The fraction of sp³-hybridized carbons (Fsp3) is 0.462. The number of amides is 2. The van der Waals surface area contributed by atoms with Gasteiger partial charge in [-0.25, -0.2) is 8.78 Å². The summed E-state index contributed by atoms with van der Waals surface area (Å²) < 4.78 is 27.2. The quantitative estimate of drug-likeness (QED) is 0.520. The number of carbonyl (C=O) groups is 2. The molecule has 7 heteroatoms. The molecular formula is C26H30F2N2O2S. The molecule has 0 spiro atoms. The van der Waals surface area contributed by atoms with Crippen molar-refractivity contribution in [1.29, 1.82) is 0 Å². The predicted molar refractivity (Wildman–Crippen MR) is 130 cm³/mol. The summed E-state index contributed by atoms with van der Waals surface area (Å²) in [6.07, 6.45) is 3.95. The van der Waals surface area contributed by atoms with Crippen LogP contribution in [0.25, 0.3) is 0 Å². The monoisotopic (exact) mass is 472 g/mol. The molecule has 2 amide bonds. The highest BCUT2D eigenvalue weighted by molar-refractivity contribution is 7.99. The van der Waals surface area contributed by atoms with E-state index in [9.17, 15) is 18.4 Å². The Morgan fingerprint density at radius 1 is 0.818 bits per heavy atom. The summed E-state index contributed by atoms with van der Waals surface area (Å²) in [6, 6.07) is 9.45. The Bertz CT molecular complexity index is 963. The maximum Gasteiger partial charge on any atom is 0.228 e. The molecule has 2 aromatic rings. The Labute approximate surface area is 198 Å². The number of anilines is 2. The van der Waals surface area contributed by atoms with Crippen LogP contribution in [0.1, 0.15) is 50.7 Å². The first kappa shape index (κ1) is 23.7. The van der Waals surface area contributed by atoms with Gasteiger partial charge in [-0.2, -0.15) is 11.8 Å². The lowest BCUT2D eigenvalue weighted by atomic mass is 9.96. The minimum Gasteiger partial charge on any atom is -0.309 e. The minimum atomic E-state index is -0.272. The SMILES string of the molecule is C[C@H]1CCc2cc(F)ccc2N1C(=O)CCSCCC(=O)N1c2ccc(F)cc2CC[C@@H]1C. The van der Waals surface area contributed by atoms with E-state index in [4.69, 9.17) is 0 Å². The van der Waals surface area contributed by atoms with Crippen LogP contribution in [0.2, 0.25) is 0 Å². The smallest absolute Gasteiger partial charge is 0.228 e. The van der Waals surface area contributed by atoms with E-state index < -0.39 is 0 Å². The van der Waals surface area contributed by atoms with Gasteiger partial charge in [0.1, 0.15) is 11.6 Å². The molecule has 2 aliphatic rings. The normalized spacial score (nSPS) is 19.8. The van der Waals surface area contributed by atoms with Crippen LogP contribution >= 0.6 is 11.8 Å². The molecule has 4 rings (SSSR count). The molecule has 176 valence electrons. The van der Waals surface area contributed by atoms with Crippen molar-refractivity contribution in [3.63, 3.8) is 0 Å². The second-order valence-electron chi connectivity index (χ2n) is 8.96. The van der Waals surface area contributed by atoms with Gasteiger partial charge in [-0.3, -0.25) is 9.59 Å². The van der Waals surface area contributed by atoms with E-state index >= 15 is 0 Å². The van der Waals surface area contributed by atoms with Crippen LogP contribution in [0.5, 0.6) is 0 Å². The third kappa shape index (κ3) is 5.24. The Balaban J connectivity index is 1.28. The zero-order valence-corrected chi connectivity index (χ0v) is 20.0. The lowest BCUT2D eigenvalue weighted by molar-refractivity contribution is -0.119. The van der Waals surface area contributed by atoms with Gasteiger partial charge in [-0.15, -0.1) is 0 Å². The molecule has 0 aromatic heterocycles. The van der Waals surface area contributed by atoms with Crippen LogP contribution in [0.15, 0.2) is 36.4 Å². The number of rotatable bonds is 6. The Morgan fingerprint density at radius 2 is 1.24 bits per heavy atom. The first-order chi connectivity index (χ1) is 15.8. The van der Waals surface area contributed by atoms with E-state index in [2.05, 4.69) is 0 Å². The Kier molecular flexibility index (Phi) is 7.37. The highest BCUT2D eigenvalue weighted by atomic mass is 32.2. The Hall–Kier alpha value is -2.41. The average molecular weight is 473 g/mol. The zero-order valence-electron chi connectivity index (χ0n) is 19.2. The molecule has 0 fully saturated rings. The van der Waals surface area contributed by atoms with Gasteiger partial charge in [-0.05, 0) is 87.1 Å². The molecule has 2 heterocycles. The topological polar surface area (TPSA) is 40.6 Å². The molecule has 0 radical (unpaired) electrons. The van der Waals surface area contributed by atoms with Crippen molar-refractivity contribution in [2.45, 2.75) is 64.5 Å². The van der Waals surface area contributed by atoms with Crippen molar-refractivity contribution >= 4 is 35.0 Å². The van der Waals surface area contributed by atoms with E-state index in [1.807, 2.05) is 13.8 Å². The molecule has 2 aromatic carbocycles. The summed E-state index contributed by atoms with van der Waals surface area (Å²) in [7, 11) is 0. The number of hydrogen-bond acceptors (Lipinski definition) is 3. The van der Waals surface area contributed by atoms with Crippen molar-refractivity contribution in [2.24, 2.45) is 0 Å². The van der Waals surface area contributed by atoms with Crippen LogP contribution in [-0.4, -0.2) is 35.4 Å². The van der Waals surface area contributed by atoms with Gasteiger partial charge >= 0.3 is 0 Å². The zero-order chi connectivity index (χ0) is 23.5. The van der Waals surface area contributed by atoms with E-state index in [0.29, 0.717) is 24.3 Å². The first-order valence-corrected chi connectivity index (χ1v) is 12.8. The highest BCUT2D eigenvalue weighted by Crippen LogP contribution is 2.33. The lowest BCUT2D eigenvalue weighted by Crippen LogP contribution is -2.42. The van der Waals surface area contributed by atoms with E-state index in [1.54, 1.807) is 33.7 Å². The van der Waals surface area contributed by atoms with Crippen molar-refractivity contribution in [2.75, 3.05) is 21.3 Å². The van der Waals surface area contributed by atoms with Gasteiger partial charge in [0, 0.05) is 47.8 Å². The summed E-state index contributed by atoms with van der Waals surface area (Å²) in [4.78, 5) is 29.4. The van der Waals surface area contributed by atoms with Crippen LogP contribution < -0.4 is 9.80 Å². The minimum absolute atomic E-state index is 0.0366. The Morgan fingerprint density at radius 3 is 1.67 bits per heavy atom. The van der Waals surface area contributed by atoms with Gasteiger partial charge in [0.15, 0.2) is 0 Å². The number of thioether (sulfide) groups is 1. The second kappa shape index (κ2) is 10.2. The maximum atomic E-state index is 13.6. The molecule has 0 saturated carbocycles. The number of nitrogens with zero attached hydrogens (tertiary/aromatic N) is 2. The van der Waals surface area contributed by atoms with Crippen LogP contribution in [-0.2, 0) is 22.4 Å². The van der Waals surface area contributed by atoms with Crippen LogP contribution in [0.4, 0.5) is 20.2 Å². The molecule has 0 bridgehead atoms. The molecule has 2 atom stereocenters. The fourth-order valence-electron chi connectivity index (χ4n) is 4.86. The van der Waals surface area contributed by atoms with Crippen molar-refractivity contribution in [3.8, 4) is 0 Å². The van der Waals surface area contributed by atoms with Crippen molar-refractivity contribution < 1.29 is 18.4 Å². The van der Waals surface area contributed by atoms with Crippen molar-refractivity contribution in [3.05, 3.63) is 59.2 Å². The van der Waals surface area contributed by atoms with Gasteiger partial charge in [-0.1, -0.05) is 0 Å². The average Bonchev–Trinajstić information content (AvgIpc) is 2.78. The number of benzene rings is 2. The molecule has 0 unspecified atom stereocenters. The van der Waals surface area contributed by atoms with Gasteiger partial charge in [0.2, 0.25) is 11.8 Å². The van der Waals surface area contributed by atoms with Crippen LogP contribution in [0, 0.1) is 11.6 Å². The molecular weight excluding hydrogens is 442 g/mol. The molecule has 0 aliphatic carbocycles. The first-order valence-electron chi connectivity index (χ1n) is 11.6. The van der Waals surface area contributed by atoms with E-state index in [0.717, 1.165) is 48.2 Å². The lowest BCUT2D eigenvalue weighted by Gasteiger charge is -2.35. The van der Waals surface area contributed by atoms with E-state index in [1.165, 1.54) is 24.3 Å². The number of carbonyl (C=O) groups excluding carboxylic acids is 2. The molecule has 33 heavy (non-hydrogen) atoms. The van der Waals surface area contributed by atoms with Gasteiger partial charge in [0.05, 0.1) is 0 Å². The van der Waals surface area contributed by atoms with Gasteiger partial charge < -0.3 is 9.80 Å². The van der Waals surface area contributed by atoms with Crippen molar-refractivity contribution in [1.82, 2.24) is 0 Å². The van der Waals surface area contributed by atoms with Crippen LogP contribution in [0.3, 0.4) is 0 Å². The summed E-state index contributed by atoms with van der Waals surface area (Å²) >= 11 is 1.59. The summed E-state index contributed by atoms with van der Waals surface area (Å²) in [6.45, 7) is 4.05. The number of hydrogen-bond donors (Lipinski definition) is 0. The highest BCUT2D eigenvalue weighted by Gasteiger charge is 2.29. The molecule has 4 nitrogen and oxygen atoms in total. The summed E-state index contributed by atoms with van der Waals surface area (Å²) in [5.74, 6) is 0.786. The van der Waals surface area contributed by atoms with E-state index in [-0.39, 0.29) is 35.5 Å². The fourth-order valence-corrected chi connectivity index (χ4v) is 5.70. The number of aryl methyl sites for hydroxylation is 2. The van der Waals surface area contributed by atoms with Gasteiger partial charge in [0.25, 0.3) is 0 Å². The second-order valence-corrected chi connectivity index (χ2v) is 10.2. The summed E-state index contributed by atoms with van der Waals surface area (Å²) in [5.41, 5.74) is 3.40. The molecule has 2 aliphatic heterocycles. The third-order valence-electron chi connectivity index (χ3n) is 6.60. The maximum absolute atomic E-state index is 13.6. The predicted octanol–water partition coefficient (Wildman–Crippen LogP) is 5.51. The molecule has 0 saturated heterocycles. The standard InChI is InChI=1S/C26H30F2N2O2S/c1-17-3-5-19-15-21(27)7-9-23(19)29(17)25(31)11-13-33-14-12-26(32)30-18(2)4-6-20-16-22(28)8-10-24(20)30/h7-10,15-18H,3-6,11-14H2,1-2H3/t17-,18-/m0/s1. The summed E-state index contributed by atoms with van der Waals surface area (Å²) in [5, 5.41) is 0. The molecule has 0 N–H and O–H groups in total. The number of halogens is 2. The number of fused-ring (bicyclic) bond motifs is 2. The third-order valence-corrected chi connectivity index (χ3v) is 7.59. The largest absolute Gasteiger partial charge is 0.309 e.